The van der Waals surface area contributed by atoms with Crippen molar-refractivity contribution in [2.45, 2.75) is 142 Å². The largest absolute Gasteiger partial charge is 0.508 e. The zero-order chi connectivity index (χ0) is 49.3. The fourth-order valence-electron chi connectivity index (χ4n) is 6.92. The quantitative estimate of drug-likeness (QED) is 0.0483. The van der Waals surface area contributed by atoms with Gasteiger partial charge in [-0.2, -0.15) is 0 Å². The topological polar surface area (TPSA) is 348 Å². The maximum Gasteiger partial charge on any atom is 0.326 e. The molecule has 1 aromatic rings. The molecule has 22 heteroatoms. The van der Waals surface area contributed by atoms with Crippen LogP contribution in [-0.2, 0) is 49.6 Å². The number of carboxylic acids is 1. The van der Waals surface area contributed by atoms with Crippen molar-refractivity contribution >= 4 is 53.2 Å². The molecule has 0 bridgehead atoms. The van der Waals surface area contributed by atoms with E-state index >= 15 is 0 Å². The summed E-state index contributed by atoms with van der Waals surface area (Å²) in [6.45, 7) is 11.4. The highest BCUT2D eigenvalue weighted by Crippen LogP contribution is 2.21. The van der Waals surface area contributed by atoms with Crippen molar-refractivity contribution in [3.8, 4) is 5.75 Å². The number of hydrogen-bond donors (Lipinski definition) is 12. The number of aliphatic hydroxyl groups is 2. The van der Waals surface area contributed by atoms with Crippen LogP contribution < -0.4 is 43.0 Å². The predicted octanol–water partition coefficient (Wildman–Crippen LogP) is -2.50. The van der Waals surface area contributed by atoms with Gasteiger partial charge in [0.2, 0.25) is 47.3 Å². The summed E-state index contributed by atoms with van der Waals surface area (Å²) in [5, 5.41) is 56.2. The van der Waals surface area contributed by atoms with Crippen LogP contribution in [-0.4, -0.2) is 153 Å². The summed E-state index contributed by atoms with van der Waals surface area (Å²) in [4.78, 5) is 120. The number of likely N-dealkylation sites (tertiary alicyclic amines) is 1. The normalized spacial score (nSPS) is 17.4. The molecule has 8 amide bonds. The van der Waals surface area contributed by atoms with E-state index < -0.39 is 127 Å². The first-order valence-electron chi connectivity index (χ1n) is 21.8. The van der Waals surface area contributed by atoms with Crippen LogP contribution in [0.25, 0.3) is 0 Å². The van der Waals surface area contributed by atoms with Crippen LogP contribution >= 0.6 is 0 Å². The number of nitrogens with two attached hydrogens (primary N) is 1. The third-order valence-electron chi connectivity index (χ3n) is 10.5. The number of nitrogens with zero attached hydrogens (tertiary/aromatic N) is 1. The third-order valence-corrected chi connectivity index (χ3v) is 10.5. The summed E-state index contributed by atoms with van der Waals surface area (Å²) in [5.74, 6) is -8.44. The second-order valence-electron chi connectivity index (χ2n) is 17.6. The molecule has 0 aromatic heterocycles. The number of phenolic OH excluding ortho intramolecular Hbond substituents is 1. The number of rotatable bonds is 25. The molecule has 0 saturated carbocycles. The molecule has 1 aromatic carbocycles. The average Bonchev–Trinajstić information content (AvgIpc) is 3.73. The number of aromatic hydroxyl groups is 1. The van der Waals surface area contributed by atoms with Crippen LogP contribution in [0.2, 0.25) is 0 Å². The number of aliphatic hydroxyl groups excluding tert-OH is 2. The van der Waals surface area contributed by atoms with Gasteiger partial charge in [0.25, 0.3) is 0 Å². The Hall–Kier alpha value is -5.87. The van der Waals surface area contributed by atoms with Crippen LogP contribution in [0.15, 0.2) is 24.3 Å². The zero-order valence-electron chi connectivity index (χ0n) is 38.4. The van der Waals surface area contributed by atoms with Crippen LogP contribution in [0, 0.1) is 17.8 Å². The first-order chi connectivity index (χ1) is 30.4. The Balaban J connectivity index is 2.15. The maximum absolute atomic E-state index is 14.1. The van der Waals surface area contributed by atoms with Crippen molar-refractivity contribution in [2.24, 2.45) is 23.5 Å². The van der Waals surface area contributed by atoms with E-state index in [1.54, 1.807) is 39.8 Å². The van der Waals surface area contributed by atoms with Gasteiger partial charge in [-0.05, 0) is 75.0 Å². The second-order valence-corrected chi connectivity index (χ2v) is 17.6. The van der Waals surface area contributed by atoms with E-state index in [0.29, 0.717) is 12.0 Å². The van der Waals surface area contributed by atoms with E-state index in [4.69, 9.17) is 5.73 Å². The Bertz CT molecular complexity index is 1830. The molecule has 1 heterocycles. The van der Waals surface area contributed by atoms with E-state index in [2.05, 4.69) is 37.2 Å². The van der Waals surface area contributed by atoms with E-state index in [-0.39, 0.29) is 49.8 Å². The first-order valence-corrected chi connectivity index (χ1v) is 21.8. The standard InChI is InChI=1S/C43H69N9O13/c1-21(2)16-29(47-37(58)28(46-35(56)24(7)44)18-26-11-13-27(55)14-12-26)42(63)52-15-9-10-33(52)40(61)45-25(8)36(57)51-34(23(5)6)41(62)50-32(20-54)39(60)49-31(19-53)38(59)48-30(43(64)65)17-22(3)4/h11-14,21-25,28-34,53-55H,9-10,15-20,44H2,1-8H3,(H,45,61)(H,46,56)(H,47,58)(H,48,59)(H,49,60)(H,50,62)(H,51,57)(H,64,65)/t24-,25-,28-,29-,30-,31-,32-,33-,34-/m0/s1. The van der Waals surface area contributed by atoms with Gasteiger partial charge in [-0.25, -0.2) is 4.79 Å². The Morgan fingerprint density at radius 1 is 0.631 bits per heavy atom. The van der Waals surface area contributed by atoms with Gasteiger partial charge in [-0.3, -0.25) is 38.4 Å². The van der Waals surface area contributed by atoms with Gasteiger partial charge in [0.05, 0.1) is 19.3 Å². The van der Waals surface area contributed by atoms with Crippen LogP contribution in [0.3, 0.4) is 0 Å². The Kier molecular flexibility index (Phi) is 22.3. The summed E-state index contributed by atoms with van der Waals surface area (Å²) in [6.07, 6.45) is 0.931. The van der Waals surface area contributed by atoms with Crippen molar-refractivity contribution in [2.75, 3.05) is 19.8 Å². The maximum atomic E-state index is 14.1. The van der Waals surface area contributed by atoms with E-state index in [1.807, 2.05) is 13.8 Å². The number of aliphatic carboxylic acids is 1. The molecule has 1 aliphatic rings. The van der Waals surface area contributed by atoms with Gasteiger partial charge in [-0.1, -0.05) is 53.7 Å². The lowest BCUT2D eigenvalue weighted by atomic mass is 10.00. The van der Waals surface area contributed by atoms with Gasteiger partial charge in [0.15, 0.2) is 0 Å². The van der Waals surface area contributed by atoms with Gasteiger partial charge in [0.1, 0.15) is 54.1 Å². The molecule has 2 rings (SSSR count). The van der Waals surface area contributed by atoms with Crippen molar-refractivity contribution in [3.05, 3.63) is 29.8 Å². The Morgan fingerprint density at radius 3 is 1.60 bits per heavy atom. The summed E-state index contributed by atoms with van der Waals surface area (Å²) in [7, 11) is 0. The lowest BCUT2D eigenvalue weighted by Gasteiger charge is -2.31. The minimum atomic E-state index is -1.67. The zero-order valence-corrected chi connectivity index (χ0v) is 38.4. The van der Waals surface area contributed by atoms with E-state index in [1.165, 1.54) is 30.9 Å². The lowest BCUT2D eigenvalue weighted by Crippen LogP contribution is -2.61. The first kappa shape index (κ1) is 55.3. The van der Waals surface area contributed by atoms with E-state index in [9.17, 15) is 63.6 Å². The number of carbonyl (C=O) groups is 9. The molecule has 1 aliphatic heterocycles. The summed E-state index contributed by atoms with van der Waals surface area (Å²) >= 11 is 0. The summed E-state index contributed by atoms with van der Waals surface area (Å²) in [5.41, 5.74) is 6.37. The van der Waals surface area contributed by atoms with E-state index in [0.717, 1.165) is 0 Å². The molecular formula is C43H69N9O13. The highest BCUT2D eigenvalue weighted by molar-refractivity contribution is 5.98. The lowest BCUT2D eigenvalue weighted by molar-refractivity contribution is -0.143. The van der Waals surface area contributed by atoms with Crippen molar-refractivity contribution in [1.82, 2.24) is 42.1 Å². The van der Waals surface area contributed by atoms with Gasteiger partial charge in [-0.15, -0.1) is 0 Å². The molecule has 9 atom stereocenters. The Morgan fingerprint density at radius 2 is 1.11 bits per heavy atom. The summed E-state index contributed by atoms with van der Waals surface area (Å²) < 4.78 is 0. The number of hydrogen-bond acceptors (Lipinski definition) is 13. The molecule has 1 saturated heterocycles. The number of carboxylic acid groups (broad SMARTS) is 1. The van der Waals surface area contributed by atoms with Gasteiger partial charge < -0.3 is 68.3 Å². The molecule has 1 fully saturated rings. The summed E-state index contributed by atoms with van der Waals surface area (Å²) in [6, 6.07) is -5.36. The molecule has 0 unspecified atom stereocenters. The molecule has 22 nitrogen and oxygen atoms in total. The van der Waals surface area contributed by atoms with Gasteiger partial charge in [0, 0.05) is 13.0 Å². The highest BCUT2D eigenvalue weighted by atomic mass is 16.4. The number of phenols is 1. The molecule has 65 heavy (non-hydrogen) atoms. The van der Waals surface area contributed by atoms with Crippen molar-refractivity contribution in [1.29, 1.82) is 0 Å². The van der Waals surface area contributed by atoms with Crippen LogP contribution in [0.4, 0.5) is 0 Å². The van der Waals surface area contributed by atoms with Crippen molar-refractivity contribution in [3.63, 3.8) is 0 Å². The minimum absolute atomic E-state index is 0.00693. The van der Waals surface area contributed by atoms with Crippen LogP contribution in [0.5, 0.6) is 5.75 Å². The Labute approximate surface area is 379 Å². The van der Waals surface area contributed by atoms with Crippen molar-refractivity contribution < 1.29 is 63.6 Å². The third kappa shape index (κ3) is 17.6. The van der Waals surface area contributed by atoms with Gasteiger partial charge >= 0.3 is 5.97 Å². The number of nitrogens with one attached hydrogen (secondary N) is 7. The second kappa shape index (κ2) is 26.2. The molecule has 0 aliphatic carbocycles. The monoisotopic (exact) mass is 920 g/mol. The highest BCUT2D eigenvalue weighted by Gasteiger charge is 2.40. The fourth-order valence-corrected chi connectivity index (χ4v) is 6.92. The molecule has 13 N–H and O–H groups in total. The number of amides is 8. The predicted molar refractivity (Wildman–Crippen MR) is 235 cm³/mol. The smallest absolute Gasteiger partial charge is 0.326 e. The average molecular weight is 920 g/mol. The molecular weight excluding hydrogens is 851 g/mol. The number of carbonyl (C=O) groups excluding carboxylic acids is 8. The SMILES string of the molecule is CC(C)C[C@H](NC(=O)[C@H](CO)NC(=O)[C@H](CO)NC(=O)[C@@H](NC(=O)[C@H](C)NC(=O)[C@@H]1CCCN1C(=O)[C@H](CC(C)C)NC(=O)[C@H](Cc1ccc(O)cc1)NC(=O)[C@H](C)N)C(C)C)C(=O)O. The molecule has 364 valence electrons. The number of benzene rings is 1. The molecule has 0 radical (unpaired) electrons. The minimum Gasteiger partial charge on any atom is -0.508 e. The fraction of sp³-hybridized carbons (Fsp3) is 0.651. The van der Waals surface area contributed by atoms with Crippen LogP contribution in [0.1, 0.15) is 86.6 Å². The molecule has 0 spiro atoms.